The van der Waals surface area contributed by atoms with Gasteiger partial charge in [0.05, 0.1) is 0 Å². The minimum Gasteiger partial charge on any atom is -0.361 e. The number of rotatable bonds is 6. The first-order valence-corrected chi connectivity index (χ1v) is 9.15. The van der Waals surface area contributed by atoms with Crippen molar-refractivity contribution in [3.63, 3.8) is 0 Å². The van der Waals surface area contributed by atoms with Crippen LogP contribution in [0.1, 0.15) is 10.4 Å². The predicted molar refractivity (Wildman–Crippen MR) is 104 cm³/mol. The summed E-state index contributed by atoms with van der Waals surface area (Å²) in [4.78, 5) is 11.3. The van der Waals surface area contributed by atoms with Gasteiger partial charge < -0.3 is 15.2 Å². The van der Waals surface area contributed by atoms with E-state index in [2.05, 4.69) is 75.2 Å². The van der Waals surface area contributed by atoms with E-state index in [9.17, 15) is 0 Å². The molecule has 0 atom stereocenters. The molecule has 24 heavy (non-hydrogen) atoms. The Morgan fingerprint density at radius 1 is 1.21 bits per heavy atom. The lowest BCUT2D eigenvalue weighted by Crippen LogP contribution is -2.40. The fourth-order valence-corrected chi connectivity index (χ4v) is 3.57. The van der Waals surface area contributed by atoms with Crippen LogP contribution in [0.4, 0.5) is 0 Å². The van der Waals surface area contributed by atoms with Crippen LogP contribution in [0.25, 0.3) is 10.9 Å². The molecular formula is C19H24N4S. The molecule has 0 unspecified atom stereocenters. The van der Waals surface area contributed by atoms with Crippen molar-refractivity contribution in [1.82, 2.24) is 15.2 Å². The number of likely N-dealkylation sites (N-methyl/N-ethyl adjacent to an activating group) is 1. The number of aromatic amines is 1. The summed E-state index contributed by atoms with van der Waals surface area (Å²) < 4.78 is 0. The van der Waals surface area contributed by atoms with Crippen LogP contribution in [0.2, 0.25) is 0 Å². The van der Waals surface area contributed by atoms with Crippen molar-refractivity contribution in [3.05, 3.63) is 58.4 Å². The van der Waals surface area contributed by atoms with Crippen LogP contribution < -0.4 is 5.32 Å². The van der Waals surface area contributed by atoms with Gasteiger partial charge in [-0.05, 0) is 35.9 Å². The summed E-state index contributed by atoms with van der Waals surface area (Å²) in [6.45, 7) is 1.84. The summed E-state index contributed by atoms with van der Waals surface area (Å²) >= 11 is 1.81. The average Bonchev–Trinajstić information content (AvgIpc) is 3.26. The van der Waals surface area contributed by atoms with Crippen LogP contribution in [0.5, 0.6) is 0 Å². The topological polar surface area (TPSA) is 43.4 Å². The van der Waals surface area contributed by atoms with Crippen molar-refractivity contribution in [2.45, 2.75) is 12.8 Å². The highest BCUT2D eigenvalue weighted by Crippen LogP contribution is 2.17. The molecule has 2 heterocycles. The van der Waals surface area contributed by atoms with E-state index in [0.717, 1.165) is 31.9 Å². The van der Waals surface area contributed by atoms with E-state index in [4.69, 9.17) is 0 Å². The van der Waals surface area contributed by atoms with Gasteiger partial charge in [-0.2, -0.15) is 0 Å². The Morgan fingerprint density at radius 3 is 2.88 bits per heavy atom. The quantitative estimate of drug-likeness (QED) is 0.533. The number of nitrogens with one attached hydrogen (secondary N) is 2. The zero-order chi connectivity index (χ0) is 16.8. The van der Waals surface area contributed by atoms with Gasteiger partial charge in [0.2, 0.25) is 0 Å². The number of para-hydroxylation sites is 1. The van der Waals surface area contributed by atoms with Gasteiger partial charge in [-0.1, -0.05) is 24.3 Å². The maximum absolute atomic E-state index is 4.40. The molecule has 0 radical (unpaired) electrons. The zero-order valence-corrected chi connectivity index (χ0v) is 15.1. The normalized spacial score (nSPS) is 11.8. The van der Waals surface area contributed by atoms with E-state index in [1.54, 1.807) is 0 Å². The molecule has 0 aliphatic rings. The van der Waals surface area contributed by atoms with E-state index >= 15 is 0 Å². The third-order valence-corrected chi connectivity index (χ3v) is 5.14. The van der Waals surface area contributed by atoms with Crippen LogP contribution in [0, 0.1) is 0 Å². The molecule has 0 amide bonds. The largest absolute Gasteiger partial charge is 0.361 e. The maximum Gasteiger partial charge on any atom is 0.193 e. The fourth-order valence-electron chi connectivity index (χ4n) is 2.87. The van der Waals surface area contributed by atoms with E-state index in [0.29, 0.717) is 0 Å². The lowest BCUT2D eigenvalue weighted by molar-refractivity contribution is 0.487. The number of aromatic nitrogens is 1. The first-order chi connectivity index (χ1) is 11.8. The van der Waals surface area contributed by atoms with Gasteiger partial charge >= 0.3 is 0 Å². The van der Waals surface area contributed by atoms with Crippen molar-refractivity contribution in [3.8, 4) is 0 Å². The molecule has 0 aliphatic carbocycles. The Morgan fingerprint density at radius 2 is 2.08 bits per heavy atom. The first kappa shape index (κ1) is 16.6. The van der Waals surface area contributed by atoms with E-state index in [1.807, 2.05) is 18.4 Å². The molecular weight excluding hydrogens is 316 g/mol. The predicted octanol–water partition coefficient (Wildman–Crippen LogP) is 3.52. The molecule has 2 N–H and O–H groups in total. The molecule has 0 spiro atoms. The summed E-state index contributed by atoms with van der Waals surface area (Å²) in [5.74, 6) is 0.950. The standard InChI is InChI=1S/C19H24N4S/c1-20-19(23(2)12-10-16-6-5-13-24-16)21-11-9-15-14-22-18-8-4-3-7-17(15)18/h3-8,13-14,22H,9-12H2,1-2H3,(H,20,21). The van der Waals surface area contributed by atoms with Gasteiger partial charge in [0.25, 0.3) is 0 Å². The van der Waals surface area contributed by atoms with Crippen LogP contribution >= 0.6 is 11.3 Å². The Bertz CT molecular complexity index is 789. The van der Waals surface area contributed by atoms with Crippen molar-refractivity contribution >= 4 is 28.2 Å². The Hall–Kier alpha value is -2.27. The molecule has 126 valence electrons. The van der Waals surface area contributed by atoms with Gasteiger partial charge in [0.1, 0.15) is 0 Å². The highest BCUT2D eigenvalue weighted by molar-refractivity contribution is 7.09. The summed E-state index contributed by atoms with van der Waals surface area (Å²) in [7, 11) is 3.93. The van der Waals surface area contributed by atoms with E-state index in [-0.39, 0.29) is 0 Å². The minimum atomic E-state index is 0.873. The molecule has 4 nitrogen and oxygen atoms in total. The molecule has 0 fully saturated rings. The molecule has 2 aromatic heterocycles. The Balaban J connectivity index is 1.50. The third-order valence-electron chi connectivity index (χ3n) is 4.20. The summed E-state index contributed by atoms with van der Waals surface area (Å²) in [5, 5.41) is 6.90. The molecule has 0 bridgehead atoms. The SMILES string of the molecule is CN=C(NCCc1c[nH]c2ccccc12)N(C)CCc1cccs1. The number of guanidine groups is 1. The van der Waals surface area contributed by atoms with Crippen LogP contribution in [0.15, 0.2) is 53.0 Å². The molecule has 0 saturated carbocycles. The zero-order valence-electron chi connectivity index (χ0n) is 14.2. The van der Waals surface area contributed by atoms with Crippen molar-refractivity contribution in [2.75, 3.05) is 27.2 Å². The number of aliphatic imine (C=N–C) groups is 1. The number of H-pyrrole nitrogens is 1. The highest BCUT2D eigenvalue weighted by atomic mass is 32.1. The maximum atomic E-state index is 4.40. The van der Waals surface area contributed by atoms with Crippen molar-refractivity contribution < 1.29 is 0 Å². The minimum absolute atomic E-state index is 0.873. The van der Waals surface area contributed by atoms with Gasteiger partial charge in [0.15, 0.2) is 5.96 Å². The Kier molecular flexibility index (Phi) is 5.54. The van der Waals surface area contributed by atoms with Crippen LogP contribution in [-0.2, 0) is 12.8 Å². The monoisotopic (exact) mass is 340 g/mol. The van der Waals surface area contributed by atoms with Crippen molar-refractivity contribution in [1.29, 1.82) is 0 Å². The summed E-state index contributed by atoms with van der Waals surface area (Å²) in [6, 6.07) is 12.7. The first-order valence-electron chi connectivity index (χ1n) is 8.27. The summed E-state index contributed by atoms with van der Waals surface area (Å²) in [6.07, 6.45) is 4.13. The van der Waals surface area contributed by atoms with Gasteiger partial charge in [-0.3, -0.25) is 4.99 Å². The average molecular weight is 340 g/mol. The molecule has 0 aliphatic heterocycles. The molecule has 3 rings (SSSR count). The second kappa shape index (κ2) is 8.02. The number of benzene rings is 1. The number of fused-ring (bicyclic) bond motifs is 1. The summed E-state index contributed by atoms with van der Waals surface area (Å²) in [5.41, 5.74) is 2.54. The number of hydrogen-bond acceptors (Lipinski definition) is 2. The lowest BCUT2D eigenvalue weighted by atomic mass is 10.1. The van der Waals surface area contributed by atoms with Gasteiger partial charge in [-0.15, -0.1) is 11.3 Å². The Labute approximate surface area is 147 Å². The third kappa shape index (κ3) is 3.97. The van der Waals surface area contributed by atoms with Crippen molar-refractivity contribution in [2.24, 2.45) is 4.99 Å². The van der Waals surface area contributed by atoms with Gasteiger partial charge in [-0.25, -0.2) is 0 Å². The number of thiophene rings is 1. The number of nitrogens with zero attached hydrogens (tertiary/aromatic N) is 2. The lowest BCUT2D eigenvalue weighted by Gasteiger charge is -2.21. The highest BCUT2D eigenvalue weighted by Gasteiger charge is 2.07. The molecule has 5 heteroatoms. The van der Waals surface area contributed by atoms with E-state index < -0.39 is 0 Å². The molecule has 0 saturated heterocycles. The van der Waals surface area contributed by atoms with Gasteiger partial charge in [0, 0.05) is 49.2 Å². The van der Waals surface area contributed by atoms with Crippen LogP contribution in [0.3, 0.4) is 0 Å². The van der Waals surface area contributed by atoms with Crippen LogP contribution in [-0.4, -0.2) is 43.0 Å². The fraction of sp³-hybridized carbons (Fsp3) is 0.316. The molecule has 1 aromatic carbocycles. The second-order valence-electron chi connectivity index (χ2n) is 5.83. The smallest absolute Gasteiger partial charge is 0.193 e. The molecule has 3 aromatic rings. The second-order valence-corrected chi connectivity index (χ2v) is 6.87. The van der Waals surface area contributed by atoms with E-state index in [1.165, 1.54) is 21.3 Å². The number of hydrogen-bond donors (Lipinski definition) is 2.